The molecular weight excluding hydrogens is 478 g/mol. The zero-order valence-corrected chi connectivity index (χ0v) is 19.6. The third-order valence-corrected chi connectivity index (χ3v) is 6.12. The smallest absolute Gasteiger partial charge is 0.342 e. The van der Waals surface area contributed by atoms with Gasteiger partial charge in [-0.1, -0.05) is 17.7 Å². The average molecular weight is 496 g/mol. The molecule has 172 valence electrons. The second-order valence-corrected chi connectivity index (χ2v) is 8.74. The first kappa shape index (κ1) is 23.3. The molecule has 2 N–H and O–H groups in total. The number of carboxylic acids is 2. The highest BCUT2D eigenvalue weighted by Crippen LogP contribution is 2.32. The van der Waals surface area contributed by atoms with Crippen LogP contribution in [0.5, 0.6) is 0 Å². The Labute approximate surface area is 203 Å². The van der Waals surface area contributed by atoms with Crippen LogP contribution >= 0.6 is 23.4 Å². The summed E-state index contributed by atoms with van der Waals surface area (Å²) in [5.41, 5.74) is 3.74. The first-order chi connectivity index (χ1) is 16.2. The van der Waals surface area contributed by atoms with Crippen LogP contribution in [0.2, 0.25) is 5.02 Å². The van der Waals surface area contributed by atoms with Gasteiger partial charge in [-0.05, 0) is 85.8 Å². The molecule has 2 heterocycles. The van der Waals surface area contributed by atoms with Crippen molar-refractivity contribution in [2.75, 3.05) is 0 Å². The summed E-state index contributed by atoms with van der Waals surface area (Å²) in [5.74, 6) is -1.92. The van der Waals surface area contributed by atoms with Crippen molar-refractivity contribution in [2.45, 2.75) is 19.1 Å². The van der Waals surface area contributed by atoms with Gasteiger partial charge in [-0.25, -0.2) is 9.59 Å². The van der Waals surface area contributed by atoms with Gasteiger partial charge in [0.1, 0.15) is 4.91 Å². The minimum absolute atomic E-state index is 0.00848. The van der Waals surface area contributed by atoms with Crippen LogP contribution < -0.4 is 0 Å². The molecule has 0 amide bonds. The molecule has 2 aromatic carbocycles. The number of thioether (sulfide) groups is 1. The van der Waals surface area contributed by atoms with E-state index in [1.54, 1.807) is 42.5 Å². The van der Waals surface area contributed by atoms with E-state index >= 15 is 0 Å². The van der Waals surface area contributed by atoms with E-state index in [2.05, 4.69) is 10.2 Å². The fourth-order valence-corrected chi connectivity index (χ4v) is 4.23. The first-order valence-electron chi connectivity index (χ1n) is 9.98. The molecule has 0 fully saturated rings. The predicted octanol–water partition coefficient (Wildman–Crippen LogP) is 5.71. The molecule has 0 aliphatic rings. The molecule has 8 nitrogen and oxygen atoms in total. The Kier molecular flexibility index (Phi) is 6.58. The summed E-state index contributed by atoms with van der Waals surface area (Å²) in [5, 5.41) is 27.6. The first-order valence-corrected chi connectivity index (χ1v) is 11.2. The lowest BCUT2D eigenvalue weighted by atomic mass is 10.2. The van der Waals surface area contributed by atoms with Crippen LogP contribution in [0.15, 0.2) is 69.1 Å². The molecule has 0 aliphatic carbocycles. The maximum atomic E-state index is 11.9. The van der Waals surface area contributed by atoms with Crippen molar-refractivity contribution in [2.24, 2.45) is 0 Å². The summed E-state index contributed by atoms with van der Waals surface area (Å²) in [6.07, 6.45) is 1.53. The second-order valence-electron chi connectivity index (χ2n) is 7.31. The molecule has 0 saturated carbocycles. The van der Waals surface area contributed by atoms with E-state index in [9.17, 15) is 19.8 Å². The second kappa shape index (κ2) is 9.58. The Morgan fingerprint density at radius 2 is 1.79 bits per heavy atom. The number of carboxylic acid groups (broad SMARTS) is 2. The van der Waals surface area contributed by atoms with E-state index in [0.717, 1.165) is 23.1 Å². The number of benzene rings is 2. The summed E-state index contributed by atoms with van der Waals surface area (Å²) in [7, 11) is 0. The maximum absolute atomic E-state index is 11.9. The van der Waals surface area contributed by atoms with E-state index in [0.29, 0.717) is 21.8 Å². The monoisotopic (exact) mass is 495 g/mol. The molecule has 2 aromatic heterocycles. The van der Waals surface area contributed by atoms with Crippen LogP contribution in [0.3, 0.4) is 0 Å². The summed E-state index contributed by atoms with van der Waals surface area (Å²) in [6.45, 7) is 3.70. The highest BCUT2D eigenvalue weighted by atomic mass is 35.5. The third kappa shape index (κ3) is 4.90. The Morgan fingerprint density at radius 1 is 1.06 bits per heavy atom. The van der Waals surface area contributed by atoms with E-state index < -0.39 is 11.9 Å². The molecule has 0 aliphatic heterocycles. The van der Waals surface area contributed by atoms with Gasteiger partial charge in [0.15, 0.2) is 0 Å². The average Bonchev–Trinajstić information content (AvgIpc) is 3.37. The Hall–Kier alpha value is -3.82. The number of aromatic nitrogens is 3. The summed E-state index contributed by atoms with van der Waals surface area (Å²) < 4.78 is 7.49. The molecule has 0 radical (unpaired) electrons. The standard InChI is InChI=1S/C24H18ClN3O5S/c1-13-10-17(14(2)28(13)19-5-3-4-16(11-19)22(29)30)12-20(23(31)32)34-24-27-26-21(33-24)15-6-8-18(25)9-7-15/h3-12H,1-2H3,(H,29,30)(H,31,32)/b20-12-. The Balaban J connectivity index is 1.65. The van der Waals surface area contributed by atoms with Crippen LogP contribution in [0.1, 0.15) is 27.3 Å². The number of hydrogen-bond donors (Lipinski definition) is 2. The largest absolute Gasteiger partial charge is 0.478 e. The van der Waals surface area contributed by atoms with Crippen LogP contribution in [0.4, 0.5) is 0 Å². The van der Waals surface area contributed by atoms with Gasteiger partial charge in [-0.15, -0.1) is 10.2 Å². The molecule has 0 atom stereocenters. The van der Waals surface area contributed by atoms with E-state index in [-0.39, 0.29) is 21.6 Å². The Morgan fingerprint density at radius 3 is 2.47 bits per heavy atom. The number of carbonyl (C=O) groups is 2. The molecule has 0 saturated heterocycles. The highest BCUT2D eigenvalue weighted by Gasteiger charge is 2.18. The van der Waals surface area contributed by atoms with Crippen molar-refractivity contribution < 1.29 is 24.2 Å². The molecule has 0 unspecified atom stereocenters. The van der Waals surface area contributed by atoms with E-state index in [4.69, 9.17) is 16.0 Å². The van der Waals surface area contributed by atoms with E-state index in [1.807, 2.05) is 24.5 Å². The lowest BCUT2D eigenvalue weighted by Crippen LogP contribution is -2.03. The number of aryl methyl sites for hydroxylation is 1. The zero-order chi connectivity index (χ0) is 24.4. The molecule has 10 heteroatoms. The minimum atomic E-state index is -1.14. The molecule has 4 rings (SSSR count). The number of hydrogen-bond acceptors (Lipinski definition) is 6. The SMILES string of the molecule is Cc1cc(/C=C(\Sc2nnc(-c3ccc(Cl)cc3)o2)C(=O)O)c(C)n1-c1cccc(C(=O)O)c1. The van der Waals surface area contributed by atoms with Gasteiger partial charge in [0.25, 0.3) is 5.22 Å². The highest BCUT2D eigenvalue weighted by molar-refractivity contribution is 8.03. The lowest BCUT2D eigenvalue weighted by molar-refractivity contribution is -0.131. The quantitative estimate of drug-likeness (QED) is 0.247. The molecule has 0 bridgehead atoms. The van der Waals surface area contributed by atoms with Gasteiger partial charge in [0.2, 0.25) is 5.89 Å². The van der Waals surface area contributed by atoms with Crippen molar-refractivity contribution in [1.29, 1.82) is 0 Å². The zero-order valence-electron chi connectivity index (χ0n) is 18.0. The molecule has 4 aromatic rings. The van der Waals surface area contributed by atoms with Gasteiger partial charge < -0.3 is 19.2 Å². The maximum Gasteiger partial charge on any atom is 0.342 e. The molecular formula is C24H18ClN3O5S. The fourth-order valence-electron chi connectivity index (χ4n) is 3.44. The fraction of sp³-hybridized carbons (Fsp3) is 0.0833. The third-order valence-electron chi connectivity index (χ3n) is 5.01. The van der Waals surface area contributed by atoms with E-state index in [1.165, 1.54) is 12.1 Å². The van der Waals surface area contributed by atoms with Crippen molar-refractivity contribution in [3.8, 4) is 17.1 Å². The summed E-state index contributed by atoms with van der Waals surface area (Å²) in [4.78, 5) is 23.3. The molecule has 0 spiro atoms. The number of halogens is 1. The van der Waals surface area contributed by atoms with Gasteiger partial charge in [0, 0.05) is 27.7 Å². The number of aromatic carboxylic acids is 1. The van der Waals surface area contributed by atoms with Crippen LogP contribution in [-0.2, 0) is 4.79 Å². The topological polar surface area (TPSA) is 118 Å². The number of rotatable bonds is 7. The van der Waals surface area contributed by atoms with Crippen LogP contribution in [-0.4, -0.2) is 36.9 Å². The Bertz CT molecular complexity index is 1420. The van der Waals surface area contributed by atoms with Crippen molar-refractivity contribution in [3.63, 3.8) is 0 Å². The van der Waals surface area contributed by atoms with Crippen LogP contribution in [0, 0.1) is 13.8 Å². The van der Waals surface area contributed by atoms with Gasteiger partial charge >= 0.3 is 11.9 Å². The summed E-state index contributed by atoms with van der Waals surface area (Å²) >= 11 is 6.74. The number of aliphatic carboxylic acids is 1. The van der Waals surface area contributed by atoms with Crippen LogP contribution in [0.25, 0.3) is 23.2 Å². The predicted molar refractivity (Wildman–Crippen MR) is 128 cm³/mol. The normalized spacial score (nSPS) is 11.6. The minimum Gasteiger partial charge on any atom is -0.478 e. The van der Waals surface area contributed by atoms with Gasteiger partial charge in [0.05, 0.1) is 5.56 Å². The number of nitrogens with zero attached hydrogens (tertiary/aromatic N) is 3. The summed E-state index contributed by atoms with van der Waals surface area (Å²) in [6, 6.07) is 15.2. The van der Waals surface area contributed by atoms with Crippen molar-refractivity contribution in [1.82, 2.24) is 14.8 Å². The van der Waals surface area contributed by atoms with Crippen molar-refractivity contribution >= 4 is 41.4 Å². The molecule has 34 heavy (non-hydrogen) atoms. The van der Waals surface area contributed by atoms with Gasteiger partial charge in [-0.2, -0.15) is 0 Å². The van der Waals surface area contributed by atoms with Gasteiger partial charge in [-0.3, -0.25) is 0 Å². The van der Waals surface area contributed by atoms with Crippen molar-refractivity contribution in [3.05, 3.63) is 87.0 Å². The lowest BCUT2D eigenvalue weighted by Gasteiger charge is -2.10.